The molecule has 0 unspecified atom stereocenters. The molecule has 0 aliphatic rings. The molecule has 0 aromatic rings. The van der Waals surface area contributed by atoms with E-state index in [0.717, 1.165) is 0 Å². The van der Waals surface area contributed by atoms with E-state index in [2.05, 4.69) is 0 Å². The Balaban J connectivity index is 3.37. The van der Waals surface area contributed by atoms with E-state index in [1.807, 2.05) is 0 Å². The molecular weight excluding hydrogens is 299 g/mol. The Kier molecular flexibility index (Phi) is 14.9. The summed E-state index contributed by atoms with van der Waals surface area (Å²) in [4.78, 5) is 0. The van der Waals surface area contributed by atoms with Crippen molar-refractivity contribution in [1.29, 1.82) is 0 Å². The van der Waals surface area contributed by atoms with Gasteiger partial charge in [0, 0.05) is 14.2 Å². The van der Waals surface area contributed by atoms with Gasteiger partial charge in [-0.15, -0.1) is 0 Å². The maximum absolute atomic E-state index is 12.1. The largest absolute Gasteiger partial charge is 0.382 e. The normalized spacial score (nSPS) is 12.0. The average molecular weight is 328 g/mol. The molecule has 21 heavy (non-hydrogen) atoms. The first kappa shape index (κ1) is 21.0. The van der Waals surface area contributed by atoms with Crippen molar-refractivity contribution < 1.29 is 33.0 Å². The molecule has 0 spiro atoms. The van der Waals surface area contributed by atoms with Gasteiger partial charge in [-0.25, -0.2) is 0 Å². The molecule has 0 aromatic heterocycles. The zero-order valence-corrected chi connectivity index (χ0v) is 14.3. The van der Waals surface area contributed by atoms with Crippen LogP contribution >= 0.6 is 7.14 Å². The smallest absolute Gasteiger partial charge is 0.133 e. The summed E-state index contributed by atoms with van der Waals surface area (Å²) in [6.07, 6.45) is 0.399. The van der Waals surface area contributed by atoms with Crippen molar-refractivity contribution in [3.05, 3.63) is 0 Å². The third-order valence-corrected chi connectivity index (χ3v) is 3.79. The van der Waals surface area contributed by atoms with E-state index in [9.17, 15) is 4.57 Å². The first-order valence-electron chi connectivity index (χ1n) is 6.97. The Morgan fingerprint density at radius 1 is 0.619 bits per heavy atom. The Labute approximate surface area is 127 Å². The van der Waals surface area contributed by atoms with Crippen molar-refractivity contribution in [3.8, 4) is 0 Å². The summed E-state index contributed by atoms with van der Waals surface area (Å²) in [7, 11) is 0.822. The van der Waals surface area contributed by atoms with Crippen molar-refractivity contribution in [2.24, 2.45) is 0 Å². The SMILES string of the molecule is COCCOCCOCP(C)(=O)COCCOCCOC. The molecule has 0 heterocycles. The van der Waals surface area contributed by atoms with Gasteiger partial charge >= 0.3 is 0 Å². The zero-order chi connectivity index (χ0) is 15.8. The molecule has 0 aliphatic heterocycles. The lowest BCUT2D eigenvalue weighted by Gasteiger charge is -2.14. The highest BCUT2D eigenvalue weighted by Crippen LogP contribution is 2.40. The van der Waals surface area contributed by atoms with Crippen LogP contribution in [0.5, 0.6) is 0 Å². The van der Waals surface area contributed by atoms with E-state index < -0.39 is 7.14 Å². The molecule has 0 N–H and O–H groups in total. The van der Waals surface area contributed by atoms with Crippen molar-refractivity contribution in [2.75, 3.05) is 86.4 Å². The van der Waals surface area contributed by atoms with E-state index >= 15 is 0 Å². The van der Waals surface area contributed by atoms with Gasteiger partial charge in [-0.1, -0.05) is 0 Å². The number of rotatable bonds is 16. The summed E-state index contributed by atoms with van der Waals surface area (Å²) in [6, 6.07) is 0. The molecule has 0 saturated heterocycles. The van der Waals surface area contributed by atoms with Crippen LogP contribution in [-0.2, 0) is 33.0 Å². The maximum atomic E-state index is 12.1. The van der Waals surface area contributed by atoms with Crippen LogP contribution < -0.4 is 0 Å². The minimum Gasteiger partial charge on any atom is -0.382 e. The van der Waals surface area contributed by atoms with Crippen LogP contribution in [0, 0.1) is 0 Å². The predicted octanol–water partition coefficient (Wildman–Crippen LogP) is 1.25. The van der Waals surface area contributed by atoms with E-state index in [0.29, 0.717) is 52.9 Å². The van der Waals surface area contributed by atoms with Crippen LogP contribution in [-0.4, -0.2) is 86.4 Å². The van der Waals surface area contributed by atoms with Crippen LogP contribution in [0.15, 0.2) is 0 Å². The van der Waals surface area contributed by atoms with Crippen molar-refractivity contribution in [1.82, 2.24) is 0 Å². The summed E-state index contributed by atoms with van der Waals surface area (Å²) < 4.78 is 42.9. The van der Waals surface area contributed by atoms with Crippen LogP contribution in [0.25, 0.3) is 0 Å². The van der Waals surface area contributed by atoms with E-state index in [1.54, 1.807) is 20.9 Å². The Hall–Kier alpha value is -0.0100. The number of hydrogen-bond acceptors (Lipinski definition) is 7. The quantitative estimate of drug-likeness (QED) is 0.312. The van der Waals surface area contributed by atoms with Gasteiger partial charge in [0.15, 0.2) is 0 Å². The fourth-order valence-electron chi connectivity index (χ4n) is 1.28. The summed E-state index contributed by atoms with van der Waals surface area (Å²) in [6.45, 7) is 5.65. The van der Waals surface area contributed by atoms with E-state index in [1.165, 1.54) is 0 Å². The second kappa shape index (κ2) is 14.9. The zero-order valence-electron chi connectivity index (χ0n) is 13.4. The van der Waals surface area contributed by atoms with Crippen molar-refractivity contribution in [2.45, 2.75) is 0 Å². The molecule has 0 atom stereocenters. The van der Waals surface area contributed by atoms with Crippen molar-refractivity contribution >= 4 is 7.14 Å². The fraction of sp³-hybridized carbons (Fsp3) is 1.00. The Morgan fingerprint density at radius 3 is 1.33 bits per heavy atom. The van der Waals surface area contributed by atoms with Gasteiger partial charge in [-0.2, -0.15) is 0 Å². The summed E-state index contributed by atoms with van der Waals surface area (Å²) >= 11 is 0. The van der Waals surface area contributed by atoms with Gasteiger partial charge in [-0.3, -0.25) is 0 Å². The van der Waals surface area contributed by atoms with Gasteiger partial charge in [0.1, 0.15) is 19.8 Å². The van der Waals surface area contributed by atoms with Gasteiger partial charge in [0.2, 0.25) is 0 Å². The molecule has 0 fully saturated rings. The van der Waals surface area contributed by atoms with Gasteiger partial charge in [-0.05, 0) is 6.66 Å². The standard InChI is InChI=1S/C13H29O7P/c1-15-4-6-17-8-10-19-12-21(3,14)13-20-11-9-18-7-5-16-2/h4-13H2,1-3H3. The molecule has 0 aromatic carbocycles. The highest BCUT2D eigenvalue weighted by Gasteiger charge is 2.15. The van der Waals surface area contributed by atoms with Gasteiger partial charge < -0.3 is 33.0 Å². The number of hydrogen-bond donors (Lipinski definition) is 0. The third kappa shape index (κ3) is 16.2. The Morgan fingerprint density at radius 2 is 0.952 bits per heavy atom. The van der Waals surface area contributed by atoms with Gasteiger partial charge in [0.05, 0.1) is 52.9 Å². The minimum atomic E-state index is -2.42. The van der Waals surface area contributed by atoms with Crippen LogP contribution in [0.4, 0.5) is 0 Å². The summed E-state index contributed by atoms with van der Waals surface area (Å²) in [5.41, 5.74) is 0. The number of ether oxygens (including phenoxy) is 6. The van der Waals surface area contributed by atoms with E-state index in [4.69, 9.17) is 28.4 Å². The molecule has 8 heteroatoms. The molecule has 0 aliphatic carbocycles. The Bertz CT molecular complexity index is 241. The first-order chi connectivity index (χ1) is 10.1. The molecule has 0 bridgehead atoms. The van der Waals surface area contributed by atoms with Crippen LogP contribution in [0.1, 0.15) is 0 Å². The molecule has 0 radical (unpaired) electrons. The number of methoxy groups -OCH3 is 2. The van der Waals surface area contributed by atoms with E-state index in [-0.39, 0.29) is 12.7 Å². The lowest BCUT2D eigenvalue weighted by atomic mass is 10.7. The molecule has 0 saturated carbocycles. The lowest BCUT2D eigenvalue weighted by molar-refractivity contribution is 0.0299. The summed E-state index contributed by atoms with van der Waals surface area (Å²) in [5, 5.41) is 0. The monoisotopic (exact) mass is 328 g/mol. The molecule has 7 nitrogen and oxygen atoms in total. The second-order valence-electron chi connectivity index (χ2n) is 4.58. The van der Waals surface area contributed by atoms with Crippen molar-refractivity contribution in [3.63, 3.8) is 0 Å². The maximum Gasteiger partial charge on any atom is 0.133 e. The fourth-order valence-corrected chi connectivity index (χ4v) is 2.38. The molecule has 0 rings (SSSR count). The highest BCUT2D eigenvalue weighted by atomic mass is 31.2. The van der Waals surface area contributed by atoms with Crippen LogP contribution in [0.3, 0.4) is 0 Å². The van der Waals surface area contributed by atoms with Crippen LogP contribution in [0.2, 0.25) is 0 Å². The minimum absolute atomic E-state index is 0.200. The molecular formula is C13H29O7P. The summed E-state index contributed by atoms with van der Waals surface area (Å²) in [5.74, 6) is 0. The topological polar surface area (TPSA) is 72.5 Å². The predicted molar refractivity (Wildman–Crippen MR) is 80.6 cm³/mol. The highest BCUT2D eigenvalue weighted by molar-refractivity contribution is 7.62. The second-order valence-corrected chi connectivity index (χ2v) is 7.69. The molecule has 0 amide bonds. The lowest BCUT2D eigenvalue weighted by Crippen LogP contribution is -2.11. The molecule has 128 valence electrons. The third-order valence-electron chi connectivity index (χ3n) is 2.34. The first-order valence-corrected chi connectivity index (χ1v) is 9.49. The average Bonchev–Trinajstić information content (AvgIpc) is 2.45. The van der Waals surface area contributed by atoms with Gasteiger partial charge in [0.25, 0.3) is 0 Å².